The number of nitrogens with zero attached hydrogens (tertiary/aromatic N) is 1. The van der Waals surface area contributed by atoms with E-state index in [9.17, 15) is 13.6 Å². The molecule has 0 saturated carbocycles. The van der Waals surface area contributed by atoms with Gasteiger partial charge < -0.3 is 4.74 Å². The number of hydrogen-bond acceptors (Lipinski definition) is 3. The summed E-state index contributed by atoms with van der Waals surface area (Å²) in [5.74, 6) is -4.84. The zero-order chi connectivity index (χ0) is 21.2. The summed E-state index contributed by atoms with van der Waals surface area (Å²) >= 11 is 0. The summed E-state index contributed by atoms with van der Waals surface area (Å²) in [4.78, 5) is 15.5. The summed E-state index contributed by atoms with van der Waals surface area (Å²) in [6.07, 6.45) is 18.9. The van der Waals surface area contributed by atoms with Crippen molar-refractivity contribution in [2.24, 2.45) is 0 Å². The second-order valence-electron chi connectivity index (χ2n) is 7.99. The van der Waals surface area contributed by atoms with Crippen molar-refractivity contribution < 1.29 is 18.3 Å². The number of unbranched alkanes of at least 4 members (excludes halogenated alkanes) is 13. The summed E-state index contributed by atoms with van der Waals surface area (Å²) in [7, 11) is 0. The largest absolute Gasteiger partial charge is 0.456 e. The van der Waals surface area contributed by atoms with Crippen molar-refractivity contribution in [2.75, 3.05) is 0 Å². The Bertz CT molecular complexity index is 523. The van der Waals surface area contributed by atoms with Crippen LogP contribution < -0.4 is 0 Å². The molecule has 0 radical (unpaired) electrons. The molecule has 0 N–H and O–H groups in total. The first-order chi connectivity index (χ1) is 14.1. The van der Waals surface area contributed by atoms with Crippen LogP contribution in [-0.2, 0) is 16.1 Å². The number of pyridine rings is 1. The van der Waals surface area contributed by atoms with Crippen LogP contribution in [0.4, 0.5) is 8.78 Å². The predicted molar refractivity (Wildman–Crippen MR) is 114 cm³/mol. The van der Waals surface area contributed by atoms with E-state index in [0.29, 0.717) is 12.0 Å². The first-order valence-corrected chi connectivity index (χ1v) is 11.5. The molecule has 0 aliphatic carbocycles. The van der Waals surface area contributed by atoms with Gasteiger partial charge in [-0.2, -0.15) is 8.78 Å². The van der Waals surface area contributed by atoms with Gasteiger partial charge in [-0.15, -0.1) is 0 Å². The molecule has 29 heavy (non-hydrogen) atoms. The Morgan fingerprint density at radius 2 is 1.41 bits per heavy atom. The normalized spacial score (nSPS) is 11.6. The lowest BCUT2D eigenvalue weighted by Crippen LogP contribution is -2.30. The van der Waals surface area contributed by atoms with Crippen LogP contribution >= 0.6 is 0 Å². The summed E-state index contributed by atoms with van der Waals surface area (Å²) in [5.41, 5.74) is 0.605. The molecular weight excluding hydrogens is 372 g/mol. The Labute approximate surface area is 175 Å². The van der Waals surface area contributed by atoms with Gasteiger partial charge in [0, 0.05) is 24.4 Å². The minimum absolute atomic E-state index is 0.166. The smallest absolute Gasteiger partial charge is 0.377 e. The maximum atomic E-state index is 13.9. The Kier molecular flexibility index (Phi) is 14.3. The van der Waals surface area contributed by atoms with Crippen molar-refractivity contribution in [1.29, 1.82) is 0 Å². The van der Waals surface area contributed by atoms with Gasteiger partial charge in [-0.3, -0.25) is 4.98 Å². The molecule has 1 heterocycles. The third-order valence-corrected chi connectivity index (χ3v) is 5.24. The molecule has 5 heteroatoms. The molecule has 0 fully saturated rings. The fraction of sp³-hybridized carbons (Fsp3) is 0.750. The lowest BCUT2D eigenvalue weighted by Gasteiger charge is -2.15. The molecule has 166 valence electrons. The van der Waals surface area contributed by atoms with E-state index >= 15 is 0 Å². The van der Waals surface area contributed by atoms with Crippen LogP contribution in [0.2, 0.25) is 0 Å². The van der Waals surface area contributed by atoms with Gasteiger partial charge in [-0.1, -0.05) is 96.5 Å². The van der Waals surface area contributed by atoms with Crippen LogP contribution in [0.5, 0.6) is 0 Å². The Morgan fingerprint density at radius 3 is 1.90 bits per heavy atom. The minimum atomic E-state index is -3.40. The Hall–Kier alpha value is -1.52. The molecule has 1 aromatic rings. The summed E-state index contributed by atoms with van der Waals surface area (Å²) in [6, 6.07) is 3.36. The molecule has 0 saturated heterocycles. The number of hydrogen-bond donors (Lipinski definition) is 0. The second kappa shape index (κ2) is 16.3. The number of ether oxygens (including phenoxy) is 1. The van der Waals surface area contributed by atoms with Crippen molar-refractivity contribution in [3.05, 3.63) is 30.1 Å². The van der Waals surface area contributed by atoms with E-state index in [1.807, 2.05) is 0 Å². The van der Waals surface area contributed by atoms with Crippen LogP contribution in [0.3, 0.4) is 0 Å². The predicted octanol–water partition coefficient (Wildman–Crippen LogP) is 7.63. The number of carbonyl (C=O) groups excluding carboxylic acids is 1. The average molecular weight is 412 g/mol. The van der Waals surface area contributed by atoms with E-state index in [-0.39, 0.29) is 6.61 Å². The molecule has 1 aromatic heterocycles. The second-order valence-corrected chi connectivity index (χ2v) is 7.99. The van der Waals surface area contributed by atoms with E-state index in [2.05, 4.69) is 11.9 Å². The highest BCUT2D eigenvalue weighted by atomic mass is 19.3. The lowest BCUT2D eigenvalue weighted by molar-refractivity contribution is -0.174. The fourth-order valence-electron chi connectivity index (χ4n) is 3.38. The van der Waals surface area contributed by atoms with Gasteiger partial charge in [0.15, 0.2) is 0 Å². The van der Waals surface area contributed by atoms with Gasteiger partial charge in [0.05, 0.1) is 0 Å². The number of rotatable bonds is 18. The molecule has 0 bridgehead atoms. The van der Waals surface area contributed by atoms with Crippen molar-refractivity contribution in [1.82, 2.24) is 4.98 Å². The molecule has 1 rings (SSSR count). The van der Waals surface area contributed by atoms with Crippen LogP contribution in [0.15, 0.2) is 24.5 Å². The molecule has 0 amide bonds. The minimum Gasteiger partial charge on any atom is -0.456 e. The maximum Gasteiger partial charge on any atom is 0.377 e. The molecule has 3 nitrogen and oxygen atoms in total. The van der Waals surface area contributed by atoms with E-state index in [4.69, 9.17) is 4.74 Å². The molecule has 0 aliphatic rings. The summed E-state index contributed by atoms with van der Waals surface area (Å²) in [5, 5.41) is 0. The highest BCUT2D eigenvalue weighted by molar-refractivity contribution is 5.77. The van der Waals surface area contributed by atoms with Crippen molar-refractivity contribution >= 4 is 5.97 Å². The number of halogens is 2. The first kappa shape index (κ1) is 25.5. The molecule has 0 unspecified atom stereocenters. The number of carbonyl (C=O) groups is 1. The van der Waals surface area contributed by atoms with Gasteiger partial charge in [0.1, 0.15) is 6.61 Å². The van der Waals surface area contributed by atoms with Gasteiger partial charge in [-0.05, 0) is 12.5 Å². The highest BCUT2D eigenvalue weighted by Gasteiger charge is 2.39. The van der Waals surface area contributed by atoms with Gasteiger partial charge in [-0.25, -0.2) is 4.79 Å². The zero-order valence-corrected chi connectivity index (χ0v) is 18.1. The van der Waals surface area contributed by atoms with Gasteiger partial charge in [0.2, 0.25) is 0 Å². The monoisotopic (exact) mass is 411 g/mol. The molecule has 0 spiro atoms. The zero-order valence-electron chi connectivity index (χ0n) is 18.1. The standard InChI is InChI=1S/C24H39F2NO2/c1-2-3-4-5-6-7-8-9-10-11-12-13-14-15-18-24(25,26)23(28)29-21-22-17-16-19-27-20-22/h16-17,19-20H,2-15,18,21H2,1H3. The number of aromatic nitrogens is 1. The molecule has 0 aromatic carbocycles. The number of alkyl halides is 2. The summed E-state index contributed by atoms with van der Waals surface area (Å²) in [6.45, 7) is 2.08. The molecular formula is C24H39F2NO2. The lowest BCUT2D eigenvalue weighted by atomic mass is 10.0. The van der Waals surface area contributed by atoms with Crippen LogP contribution in [-0.4, -0.2) is 16.9 Å². The van der Waals surface area contributed by atoms with E-state index < -0.39 is 18.3 Å². The van der Waals surface area contributed by atoms with Gasteiger partial charge in [0.25, 0.3) is 0 Å². The first-order valence-electron chi connectivity index (χ1n) is 11.5. The van der Waals surface area contributed by atoms with Gasteiger partial charge >= 0.3 is 11.9 Å². The van der Waals surface area contributed by atoms with Crippen LogP contribution in [0.1, 0.15) is 109 Å². The fourth-order valence-corrected chi connectivity index (χ4v) is 3.38. The van der Waals surface area contributed by atoms with Crippen molar-refractivity contribution in [3.8, 4) is 0 Å². The van der Waals surface area contributed by atoms with Crippen molar-refractivity contribution in [2.45, 2.75) is 116 Å². The maximum absolute atomic E-state index is 13.9. The van der Waals surface area contributed by atoms with E-state index in [1.165, 1.54) is 70.4 Å². The SMILES string of the molecule is CCCCCCCCCCCCCCCCC(F)(F)C(=O)OCc1cccnc1. The summed E-state index contributed by atoms with van der Waals surface area (Å²) < 4.78 is 32.5. The van der Waals surface area contributed by atoms with Crippen LogP contribution in [0, 0.1) is 0 Å². The molecule has 0 atom stereocenters. The highest BCUT2D eigenvalue weighted by Crippen LogP contribution is 2.24. The van der Waals surface area contributed by atoms with E-state index in [0.717, 1.165) is 19.3 Å². The number of esters is 1. The third kappa shape index (κ3) is 13.3. The van der Waals surface area contributed by atoms with E-state index in [1.54, 1.807) is 18.3 Å². The Morgan fingerprint density at radius 1 is 0.897 bits per heavy atom. The van der Waals surface area contributed by atoms with Crippen molar-refractivity contribution in [3.63, 3.8) is 0 Å². The Balaban J connectivity index is 1.94. The average Bonchev–Trinajstić information content (AvgIpc) is 2.73. The molecule has 0 aliphatic heterocycles. The topological polar surface area (TPSA) is 39.2 Å². The quantitative estimate of drug-likeness (QED) is 0.184. The van der Waals surface area contributed by atoms with Crippen LogP contribution in [0.25, 0.3) is 0 Å². The third-order valence-electron chi connectivity index (χ3n) is 5.24.